The third-order valence-electron chi connectivity index (χ3n) is 3.22. The molecule has 1 atom stereocenters. The summed E-state index contributed by atoms with van der Waals surface area (Å²) in [6.07, 6.45) is 0.388. The normalized spacial score (nSPS) is 15.2. The molecule has 0 unspecified atom stereocenters. The van der Waals surface area contributed by atoms with Gasteiger partial charge in [0, 0.05) is 17.3 Å². The lowest BCUT2D eigenvalue weighted by Gasteiger charge is -2.16. The fourth-order valence-electron chi connectivity index (χ4n) is 2.02. The lowest BCUT2D eigenvalue weighted by Crippen LogP contribution is -2.34. The number of hydrazone groups is 1. The van der Waals surface area contributed by atoms with Crippen LogP contribution >= 0.6 is 15.9 Å². The highest BCUT2D eigenvalue weighted by Crippen LogP contribution is 2.22. The van der Waals surface area contributed by atoms with Gasteiger partial charge < -0.3 is 10.1 Å². The molecule has 0 radical (unpaired) electrons. The van der Waals surface area contributed by atoms with Gasteiger partial charge in [0.05, 0.1) is 6.04 Å². The third-order valence-corrected chi connectivity index (χ3v) is 3.95. The summed E-state index contributed by atoms with van der Waals surface area (Å²) in [6.45, 7) is 1.43. The Balaban J connectivity index is 1.82. The first-order valence-corrected chi connectivity index (χ1v) is 7.83. The maximum Gasteiger partial charge on any atom is 0.355 e. The number of rotatable bonds is 5. The Labute approximate surface area is 141 Å². The van der Waals surface area contributed by atoms with Crippen molar-refractivity contribution in [2.24, 2.45) is 5.10 Å². The van der Waals surface area contributed by atoms with Crippen LogP contribution in [0.2, 0.25) is 0 Å². The van der Waals surface area contributed by atoms with Gasteiger partial charge in [-0.2, -0.15) is 5.10 Å². The van der Waals surface area contributed by atoms with Crippen molar-refractivity contribution in [1.29, 1.82) is 0 Å². The van der Waals surface area contributed by atoms with Gasteiger partial charge in [-0.3, -0.25) is 9.59 Å². The fraction of sp³-hybridized carbons (Fsp3) is 0.333. The summed E-state index contributed by atoms with van der Waals surface area (Å²) in [5.74, 6) is -1.36. The summed E-state index contributed by atoms with van der Waals surface area (Å²) >= 11 is 3.42. The highest BCUT2D eigenvalue weighted by Gasteiger charge is 2.21. The number of hydrogen-bond acceptors (Lipinski definition) is 5. The predicted molar refractivity (Wildman–Crippen MR) is 86.5 cm³/mol. The van der Waals surface area contributed by atoms with E-state index in [-0.39, 0.29) is 30.5 Å². The van der Waals surface area contributed by atoms with E-state index in [9.17, 15) is 14.4 Å². The summed E-state index contributed by atoms with van der Waals surface area (Å²) in [5, 5.41) is 6.36. The molecule has 2 amide bonds. The molecule has 2 N–H and O–H groups in total. The van der Waals surface area contributed by atoms with Crippen LogP contribution in [0.3, 0.4) is 0 Å². The maximum atomic E-state index is 11.9. The van der Waals surface area contributed by atoms with Crippen LogP contribution in [-0.2, 0) is 19.1 Å². The molecule has 8 heteroatoms. The number of ether oxygens (including phenoxy) is 1. The summed E-state index contributed by atoms with van der Waals surface area (Å²) in [7, 11) is 0. The van der Waals surface area contributed by atoms with Crippen LogP contribution in [-0.4, -0.2) is 30.1 Å². The molecule has 0 bridgehead atoms. The monoisotopic (exact) mass is 381 g/mol. The van der Waals surface area contributed by atoms with Crippen LogP contribution in [0, 0.1) is 0 Å². The smallest absolute Gasteiger partial charge is 0.355 e. The van der Waals surface area contributed by atoms with E-state index in [1.54, 1.807) is 0 Å². The van der Waals surface area contributed by atoms with E-state index in [2.05, 4.69) is 31.8 Å². The van der Waals surface area contributed by atoms with Gasteiger partial charge in [-0.05, 0) is 18.6 Å². The molecule has 7 nitrogen and oxygen atoms in total. The largest absolute Gasteiger partial charge is 0.451 e. The zero-order valence-electron chi connectivity index (χ0n) is 12.5. The van der Waals surface area contributed by atoms with Crippen LogP contribution in [0.5, 0.6) is 0 Å². The minimum absolute atomic E-state index is 0.108. The molecule has 122 valence electrons. The van der Waals surface area contributed by atoms with Gasteiger partial charge in [0.1, 0.15) is 5.71 Å². The Morgan fingerprint density at radius 1 is 1.39 bits per heavy atom. The molecule has 1 heterocycles. The van der Waals surface area contributed by atoms with E-state index in [1.165, 1.54) is 0 Å². The number of carbonyl (C=O) groups excluding carboxylic acids is 3. The van der Waals surface area contributed by atoms with Crippen molar-refractivity contribution in [3.05, 3.63) is 34.3 Å². The lowest BCUT2D eigenvalue weighted by atomic mass is 10.1. The molecule has 23 heavy (non-hydrogen) atoms. The molecule has 0 spiro atoms. The van der Waals surface area contributed by atoms with E-state index >= 15 is 0 Å². The molecule has 1 aromatic carbocycles. The van der Waals surface area contributed by atoms with Crippen molar-refractivity contribution < 1.29 is 19.1 Å². The SMILES string of the molecule is C[C@@H](NC(=O)COC(=O)C1=NNC(=O)CC1)c1ccccc1Br. The van der Waals surface area contributed by atoms with E-state index in [1.807, 2.05) is 31.2 Å². The van der Waals surface area contributed by atoms with E-state index in [0.29, 0.717) is 0 Å². The molecule has 1 aromatic rings. The number of esters is 1. The number of nitrogens with one attached hydrogen (secondary N) is 2. The molecule has 0 saturated heterocycles. The van der Waals surface area contributed by atoms with Gasteiger partial charge in [0.25, 0.3) is 5.91 Å². The zero-order valence-corrected chi connectivity index (χ0v) is 14.1. The summed E-state index contributed by atoms with van der Waals surface area (Å²) in [4.78, 5) is 34.5. The minimum atomic E-state index is -0.700. The van der Waals surface area contributed by atoms with Crippen molar-refractivity contribution in [3.63, 3.8) is 0 Å². The maximum absolute atomic E-state index is 11.9. The average Bonchev–Trinajstić information content (AvgIpc) is 2.53. The Morgan fingerprint density at radius 2 is 2.13 bits per heavy atom. The topological polar surface area (TPSA) is 96.9 Å². The molecule has 1 aliphatic heterocycles. The highest BCUT2D eigenvalue weighted by molar-refractivity contribution is 9.10. The van der Waals surface area contributed by atoms with Gasteiger partial charge in [-0.15, -0.1) is 0 Å². The molecule has 0 fully saturated rings. The van der Waals surface area contributed by atoms with E-state index < -0.39 is 18.5 Å². The molecular weight excluding hydrogens is 366 g/mol. The van der Waals surface area contributed by atoms with Gasteiger partial charge in [0.15, 0.2) is 6.61 Å². The van der Waals surface area contributed by atoms with Crippen LogP contribution in [0.15, 0.2) is 33.8 Å². The van der Waals surface area contributed by atoms with Gasteiger partial charge in [-0.25, -0.2) is 10.2 Å². The van der Waals surface area contributed by atoms with Crippen LogP contribution in [0.25, 0.3) is 0 Å². The standard InChI is InChI=1S/C15H16BrN3O4/c1-9(10-4-2-3-5-11(10)16)17-14(21)8-23-15(22)12-6-7-13(20)19-18-12/h2-5,9H,6-8H2,1H3,(H,17,21)(H,19,20)/t9-/m1/s1. The second kappa shape index (κ2) is 7.87. The number of hydrogen-bond donors (Lipinski definition) is 2. The van der Waals surface area contributed by atoms with Crippen molar-refractivity contribution in [2.45, 2.75) is 25.8 Å². The zero-order chi connectivity index (χ0) is 16.8. The van der Waals surface area contributed by atoms with Crippen molar-refractivity contribution >= 4 is 39.4 Å². The van der Waals surface area contributed by atoms with Crippen molar-refractivity contribution in [2.75, 3.05) is 6.61 Å². The van der Waals surface area contributed by atoms with Crippen LogP contribution in [0.1, 0.15) is 31.4 Å². The Morgan fingerprint density at radius 3 is 2.78 bits per heavy atom. The van der Waals surface area contributed by atoms with Crippen LogP contribution in [0.4, 0.5) is 0 Å². The van der Waals surface area contributed by atoms with Gasteiger partial charge in [0.2, 0.25) is 5.91 Å². The molecular formula is C15H16BrN3O4. The molecule has 0 aromatic heterocycles. The van der Waals surface area contributed by atoms with Crippen LogP contribution < -0.4 is 10.7 Å². The number of amides is 2. The van der Waals surface area contributed by atoms with Crippen molar-refractivity contribution in [3.8, 4) is 0 Å². The number of benzene rings is 1. The number of carbonyl (C=O) groups is 3. The first kappa shape index (κ1) is 17.1. The first-order valence-electron chi connectivity index (χ1n) is 7.03. The van der Waals surface area contributed by atoms with E-state index in [4.69, 9.17) is 4.74 Å². The first-order chi connectivity index (χ1) is 11.0. The second-order valence-electron chi connectivity index (χ2n) is 4.98. The molecule has 1 aliphatic rings. The summed E-state index contributed by atoms with van der Waals surface area (Å²) in [5.41, 5.74) is 3.23. The molecule has 0 aliphatic carbocycles. The summed E-state index contributed by atoms with van der Waals surface area (Å²) in [6, 6.07) is 7.29. The Hall–Kier alpha value is -2.22. The predicted octanol–water partition coefficient (Wildman–Crippen LogP) is 1.44. The second-order valence-corrected chi connectivity index (χ2v) is 5.83. The molecule has 0 saturated carbocycles. The highest BCUT2D eigenvalue weighted by atomic mass is 79.9. The number of halogens is 1. The Bertz CT molecular complexity index is 660. The number of nitrogens with zero attached hydrogens (tertiary/aromatic N) is 1. The van der Waals surface area contributed by atoms with Gasteiger partial charge >= 0.3 is 5.97 Å². The Kier molecular flexibility index (Phi) is 5.86. The molecule has 2 rings (SSSR count). The quantitative estimate of drug-likeness (QED) is 0.754. The van der Waals surface area contributed by atoms with Crippen molar-refractivity contribution in [1.82, 2.24) is 10.7 Å². The summed E-state index contributed by atoms with van der Waals surface area (Å²) < 4.78 is 5.79. The van der Waals surface area contributed by atoms with E-state index in [0.717, 1.165) is 10.0 Å². The third kappa shape index (κ3) is 4.88. The van der Waals surface area contributed by atoms with Gasteiger partial charge in [-0.1, -0.05) is 34.1 Å². The average molecular weight is 382 g/mol. The minimum Gasteiger partial charge on any atom is -0.451 e. The lowest BCUT2D eigenvalue weighted by molar-refractivity contribution is -0.142. The fourth-order valence-corrected chi connectivity index (χ4v) is 2.65.